The van der Waals surface area contributed by atoms with Gasteiger partial charge in [0, 0.05) is 23.5 Å². The number of ether oxygens (including phenoxy) is 1. The van der Waals surface area contributed by atoms with Crippen molar-refractivity contribution >= 4 is 56.2 Å². The van der Waals surface area contributed by atoms with Gasteiger partial charge in [0.25, 0.3) is 17.4 Å². The maximum atomic E-state index is 13.5. The molecule has 1 spiro atoms. The first kappa shape index (κ1) is 36.4. The van der Waals surface area contributed by atoms with E-state index >= 15 is 0 Å². The number of carboxylic acids is 1. The molecular weight excluding hydrogens is 709 g/mol. The maximum absolute atomic E-state index is 13.5. The summed E-state index contributed by atoms with van der Waals surface area (Å²) in [5, 5.41) is 33.9. The first-order valence-corrected chi connectivity index (χ1v) is 18.5. The van der Waals surface area contributed by atoms with Crippen LogP contribution in [0.1, 0.15) is 69.7 Å². The highest BCUT2D eigenvalue weighted by Crippen LogP contribution is 2.46. The van der Waals surface area contributed by atoms with Crippen molar-refractivity contribution in [2.24, 2.45) is 10.6 Å². The third kappa shape index (κ3) is 7.23. The van der Waals surface area contributed by atoms with E-state index in [2.05, 4.69) is 30.4 Å². The Balaban J connectivity index is 1.15. The number of rotatable bonds is 11. The Morgan fingerprint density at radius 1 is 1.29 bits per heavy atom. The maximum Gasteiger partial charge on any atom is 0.418 e. The van der Waals surface area contributed by atoms with Gasteiger partial charge in [-0.3, -0.25) is 19.6 Å². The molecule has 0 radical (unpaired) electrons. The molecule has 2 saturated heterocycles. The number of fused-ring (bicyclic) bond motifs is 1. The molecule has 1 aliphatic carbocycles. The number of piperidine rings is 1. The van der Waals surface area contributed by atoms with Gasteiger partial charge in [0.1, 0.15) is 23.3 Å². The molecule has 2 aromatic rings. The molecular formula is C31H40N8O10S2. The van der Waals surface area contributed by atoms with Crippen molar-refractivity contribution in [3.8, 4) is 5.75 Å². The lowest BCUT2D eigenvalue weighted by Crippen LogP contribution is -2.76. The zero-order valence-corrected chi connectivity index (χ0v) is 29.7. The standard InChI is InChI=1S/C31H40N8O10S2/c1-29(2)23(26(41)39(29)49-51(44,45)46)37-25(40)22(19-14-50-28(33)36-19)38-48-30(3,27(42)43)21-8-6-16-11-17(5-7-20(16)47-21)24(32)35-18-12-31(13-18)9-4-10-34-15-31/h5,7,11,14,18,21,23,34H,4,6,8-10,12-13,15H2,1-3H3,(H2,32,35)(H2,33,36)(H,37,40)(H,42,43)(H,44,45,46)/b38-22-/t18?,21-,23-,30+,31?/m1/s1. The van der Waals surface area contributed by atoms with Crippen LogP contribution in [0.5, 0.6) is 5.75 Å². The second kappa shape index (κ2) is 13.3. The average molecular weight is 749 g/mol. The van der Waals surface area contributed by atoms with Gasteiger partial charge >= 0.3 is 16.4 Å². The minimum atomic E-state index is -5.03. The number of amides is 2. The van der Waals surface area contributed by atoms with Crippen LogP contribution in [0.4, 0.5) is 5.13 Å². The van der Waals surface area contributed by atoms with Crippen molar-refractivity contribution in [3.05, 3.63) is 40.4 Å². The van der Waals surface area contributed by atoms with Gasteiger partial charge in [0.15, 0.2) is 16.9 Å². The molecule has 276 valence electrons. The first-order chi connectivity index (χ1) is 23.9. The third-order valence-corrected chi connectivity index (χ3v) is 11.0. The van der Waals surface area contributed by atoms with Crippen LogP contribution in [0.15, 0.2) is 28.7 Å². The number of nitrogen functional groups attached to an aromatic ring is 1. The minimum Gasteiger partial charge on any atom is -0.485 e. The van der Waals surface area contributed by atoms with E-state index in [1.54, 1.807) is 12.1 Å². The number of β-lactam (4-membered cyclic amide) rings is 1. The smallest absolute Gasteiger partial charge is 0.418 e. The monoisotopic (exact) mass is 748 g/mol. The van der Waals surface area contributed by atoms with Gasteiger partial charge in [-0.05, 0) is 95.0 Å². The zero-order valence-electron chi connectivity index (χ0n) is 28.1. The molecule has 1 aromatic carbocycles. The largest absolute Gasteiger partial charge is 0.485 e. The minimum absolute atomic E-state index is 0.0623. The number of anilines is 1. The Bertz CT molecular complexity index is 1890. The van der Waals surface area contributed by atoms with E-state index in [4.69, 9.17) is 25.3 Å². The Morgan fingerprint density at radius 3 is 2.65 bits per heavy atom. The number of aryl methyl sites for hydroxylation is 1. The van der Waals surface area contributed by atoms with Crippen molar-refractivity contribution in [3.63, 3.8) is 0 Å². The van der Waals surface area contributed by atoms with E-state index in [1.807, 2.05) is 6.07 Å². The van der Waals surface area contributed by atoms with E-state index in [9.17, 15) is 27.9 Å². The van der Waals surface area contributed by atoms with Gasteiger partial charge in [-0.1, -0.05) is 5.16 Å². The highest BCUT2D eigenvalue weighted by Gasteiger charge is 2.58. The number of amidine groups is 1. The summed E-state index contributed by atoms with van der Waals surface area (Å²) in [5.41, 5.74) is 3.44. The Kier molecular flexibility index (Phi) is 9.51. The SMILES string of the molecule is CC1(C)[C@H](NC(=O)/C(=N\O[C@](C)(C(=O)O)[C@H]2CCc3cc(C(=N)NC4CC5(CCCNC5)C4)ccc3O2)c2csc(N)n2)C(=O)N1OS(=O)(=O)O. The highest BCUT2D eigenvalue weighted by molar-refractivity contribution is 7.80. The van der Waals surface area contributed by atoms with Crippen LogP contribution in [0, 0.1) is 10.8 Å². The molecule has 8 N–H and O–H groups in total. The molecule has 18 nitrogen and oxygen atoms in total. The summed E-state index contributed by atoms with van der Waals surface area (Å²) in [7, 11) is -5.03. The highest BCUT2D eigenvalue weighted by atomic mass is 32.3. The number of hydroxylamine groups is 2. The molecule has 51 heavy (non-hydrogen) atoms. The molecule has 1 aromatic heterocycles. The fourth-order valence-electron chi connectivity index (χ4n) is 7.08. The number of hydrogen-bond acceptors (Lipinski definition) is 14. The number of aliphatic carboxylic acids is 1. The van der Waals surface area contributed by atoms with Gasteiger partial charge in [-0.2, -0.15) is 13.5 Å². The van der Waals surface area contributed by atoms with Crippen LogP contribution in [-0.2, 0) is 40.3 Å². The van der Waals surface area contributed by atoms with Crippen molar-refractivity contribution in [2.45, 2.75) is 88.6 Å². The molecule has 4 aliphatic rings. The number of carboxylic acid groups (broad SMARTS) is 1. The second-order valence-electron chi connectivity index (χ2n) is 14.1. The van der Waals surface area contributed by atoms with Gasteiger partial charge in [-0.25, -0.2) is 9.78 Å². The fraction of sp³-hybridized carbons (Fsp3) is 0.548. The van der Waals surface area contributed by atoms with Crippen LogP contribution in [-0.4, -0.2) is 99.9 Å². The molecule has 3 atom stereocenters. The summed E-state index contributed by atoms with van der Waals surface area (Å²) in [6.45, 7) is 6.08. The lowest BCUT2D eigenvalue weighted by Gasteiger charge is -2.50. The summed E-state index contributed by atoms with van der Waals surface area (Å²) in [6, 6.07) is 4.19. The molecule has 3 fully saturated rings. The van der Waals surface area contributed by atoms with Crippen molar-refractivity contribution in [2.75, 3.05) is 18.8 Å². The third-order valence-electron chi connectivity index (χ3n) is 10.0. The molecule has 4 heterocycles. The topological polar surface area (TPSA) is 268 Å². The van der Waals surface area contributed by atoms with Gasteiger partial charge in [0.2, 0.25) is 0 Å². The summed E-state index contributed by atoms with van der Waals surface area (Å²) < 4.78 is 41.8. The summed E-state index contributed by atoms with van der Waals surface area (Å²) in [4.78, 5) is 48.5. The van der Waals surface area contributed by atoms with Gasteiger partial charge in [0.05, 0.1) is 5.54 Å². The number of nitrogens with two attached hydrogens (primary N) is 1. The number of hydrogen-bond donors (Lipinski definition) is 7. The summed E-state index contributed by atoms with van der Waals surface area (Å²) in [5.74, 6) is -2.70. The summed E-state index contributed by atoms with van der Waals surface area (Å²) in [6.07, 6.45) is 3.97. The van der Waals surface area contributed by atoms with Crippen LogP contribution in [0.3, 0.4) is 0 Å². The van der Waals surface area contributed by atoms with E-state index in [0.29, 0.717) is 34.0 Å². The fourth-order valence-corrected chi connectivity index (χ4v) is 8.08. The number of aromatic nitrogens is 1. The zero-order chi connectivity index (χ0) is 36.9. The van der Waals surface area contributed by atoms with Crippen molar-refractivity contribution in [1.82, 2.24) is 26.0 Å². The van der Waals surface area contributed by atoms with Gasteiger partial charge in [-0.15, -0.1) is 15.6 Å². The van der Waals surface area contributed by atoms with Crippen molar-refractivity contribution < 1.29 is 46.3 Å². The normalized spacial score (nSPS) is 26.8. The summed E-state index contributed by atoms with van der Waals surface area (Å²) >= 11 is 0.969. The van der Waals surface area contributed by atoms with Gasteiger partial charge < -0.3 is 36.4 Å². The van der Waals surface area contributed by atoms with E-state index in [1.165, 1.54) is 39.0 Å². The van der Waals surface area contributed by atoms with E-state index in [0.717, 1.165) is 42.8 Å². The number of nitrogens with zero attached hydrogens (tertiary/aromatic N) is 3. The Labute approximate surface area is 297 Å². The molecule has 0 unspecified atom stereocenters. The quantitative estimate of drug-likeness (QED) is 0.0555. The molecule has 20 heteroatoms. The number of carbonyl (C=O) groups excluding carboxylic acids is 2. The lowest BCUT2D eigenvalue weighted by atomic mass is 9.62. The predicted octanol–water partition coefficient (Wildman–Crippen LogP) is 0.970. The molecule has 2 amide bonds. The second-order valence-corrected chi connectivity index (χ2v) is 16.0. The van der Waals surface area contributed by atoms with Crippen LogP contribution < -0.4 is 26.4 Å². The van der Waals surface area contributed by atoms with Crippen LogP contribution in [0.25, 0.3) is 0 Å². The molecule has 0 bridgehead atoms. The van der Waals surface area contributed by atoms with E-state index < -0.39 is 57.2 Å². The lowest BCUT2D eigenvalue weighted by molar-refractivity contribution is -0.218. The average Bonchev–Trinajstić information content (AvgIpc) is 3.50. The van der Waals surface area contributed by atoms with E-state index in [-0.39, 0.29) is 23.3 Å². The number of benzene rings is 1. The Morgan fingerprint density at radius 2 is 2.04 bits per heavy atom. The molecule has 6 rings (SSSR count). The number of thiazole rings is 1. The number of oxime groups is 1. The molecule has 1 saturated carbocycles. The molecule has 3 aliphatic heterocycles. The number of nitrogens with one attached hydrogen (secondary N) is 4. The van der Waals surface area contributed by atoms with Crippen molar-refractivity contribution in [1.29, 1.82) is 5.41 Å². The first-order valence-electron chi connectivity index (χ1n) is 16.3. The Hall–Kier alpha value is -4.37. The number of carbonyl (C=O) groups is 3. The van der Waals surface area contributed by atoms with Crippen LogP contribution >= 0.6 is 11.3 Å². The van der Waals surface area contributed by atoms with Crippen LogP contribution in [0.2, 0.25) is 0 Å². The predicted molar refractivity (Wildman–Crippen MR) is 182 cm³/mol.